The molecule has 3 nitrogen and oxygen atoms in total. The topological polar surface area (TPSA) is 25.4 Å². The summed E-state index contributed by atoms with van der Waals surface area (Å²) in [6.45, 7) is 4.12. The zero-order valence-electron chi connectivity index (χ0n) is 9.16. The van der Waals surface area contributed by atoms with Gasteiger partial charge in [-0.25, -0.2) is 4.98 Å². The zero-order chi connectivity index (χ0) is 11.0. The predicted molar refractivity (Wildman–Crippen MR) is 66.6 cm³/mol. The Morgan fingerprint density at radius 1 is 1.31 bits per heavy atom. The second-order valence-electron chi connectivity index (χ2n) is 4.78. The minimum absolute atomic E-state index is 0.509. The summed E-state index contributed by atoms with van der Waals surface area (Å²) in [6, 6.07) is 4.01. The summed E-state index contributed by atoms with van der Waals surface area (Å²) in [4.78, 5) is 6.78. The van der Waals surface area contributed by atoms with Gasteiger partial charge in [0, 0.05) is 37.9 Å². The molecule has 86 valence electrons. The van der Waals surface area contributed by atoms with Crippen LogP contribution >= 0.6 is 15.9 Å². The first kappa shape index (κ1) is 10.5. The van der Waals surface area contributed by atoms with E-state index in [1.807, 2.05) is 12.3 Å². The number of nitrogens with zero attached hydrogens (tertiary/aromatic N) is 2. The smallest absolute Gasteiger partial charge is 0.142 e. The van der Waals surface area contributed by atoms with Crippen molar-refractivity contribution in [3.63, 3.8) is 0 Å². The number of anilines is 1. The third-order valence-electron chi connectivity index (χ3n) is 3.64. The van der Waals surface area contributed by atoms with Crippen LogP contribution in [0.15, 0.2) is 22.8 Å². The summed E-state index contributed by atoms with van der Waals surface area (Å²) in [5, 5.41) is 0. The van der Waals surface area contributed by atoms with E-state index in [9.17, 15) is 0 Å². The number of hydrogen-bond donors (Lipinski definition) is 0. The van der Waals surface area contributed by atoms with E-state index in [0.717, 1.165) is 36.6 Å². The first-order chi connectivity index (χ1) is 7.79. The zero-order valence-corrected chi connectivity index (χ0v) is 10.7. The van der Waals surface area contributed by atoms with Crippen molar-refractivity contribution in [2.45, 2.75) is 12.8 Å². The maximum Gasteiger partial charge on any atom is 0.142 e. The van der Waals surface area contributed by atoms with Gasteiger partial charge in [0.1, 0.15) is 5.82 Å². The molecule has 16 heavy (non-hydrogen) atoms. The van der Waals surface area contributed by atoms with Crippen LogP contribution in [0, 0.1) is 5.41 Å². The van der Waals surface area contributed by atoms with Crippen LogP contribution in [0.3, 0.4) is 0 Å². The Balaban J connectivity index is 1.71. The Kier molecular flexibility index (Phi) is 2.64. The van der Waals surface area contributed by atoms with E-state index in [2.05, 4.69) is 31.9 Å². The Morgan fingerprint density at radius 2 is 2.06 bits per heavy atom. The van der Waals surface area contributed by atoms with Crippen LogP contribution in [0.1, 0.15) is 12.8 Å². The third kappa shape index (κ3) is 1.74. The summed E-state index contributed by atoms with van der Waals surface area (Å²) in [5.41, 5.74) is 0.509. The third-order valence-corrected chi connectivity index (χ3v) is 4.26. The number of hydrogen-bond acceptors (Lipinski definition) is 3. The molecule has 0 aliphatic carbocycles. The van der Waals surface area contributed by atoms with Crippen molar-refractivity contribution in [3.05, 3.63) is 22.8 Å². The first-order valence-electron chi connectivity index (χ1n) is 5.72. The molecule has 0 bridgehead atoms. The minimum Gasteiger partial charge on any atom is -0.381 e. The molecule has 0 N–H and O–H groups in total. The van der Waals surface area contributed by atoms with Gasteiger partial charge in [-0.15, -0.1) is 0 Å². The fraction of sp³-hybridized carbons (Fsp3) is 0.583. The van der Waals surface area contributed by atoms with Crippen LogP contribution in [0.25, 0.3) is 0 Å². The van der Waals surface area contributed by atoms with E-state index in [4.69, 9.17) is 4.74 Å². The van der Waals surface area contributed by atoms with Gasteiger partial charge in [0.25, 0.3) is 0 Å². The van der Waals surface area contributed by atoms with Crippen molar-refractivity contribution in [1.29, 1.82) is 0 Å². The van der Waals surface area contributed by atoms with Gasteiger partial charge in [0.15, 0.2) is 0 Å². The molecule has 2 aliphatic rings. The first-order valence-corrected chi connectivity index (χ1v) is 6.52. The van der Waals surface area contributed by atoms with Crippen LogP contribution in [0.5, 0.6) is 0 Å². The van der Waals surface area contributed by atoms with Crippen molar-refractivity contribution >= 4 is 21.7 Å². The Bertz CT molecular complexity index is 382. The average molecular weight is 283 g/mol. The Hall–Kier alpha value is -0.610. The normalized spacial score (nSPS) is 23.2. The quantitative estimate of drug-likeness (QED) is 0.791. The molecule has 0 aromatic carbocycles. The molecular weight excluding hydrogens is 268 g/mol. The summed E-state index contributed by atoms with van der Waals surface area (Å²) >= 11 is 3.56. The minimum atomic E-state index is 0.509. The Labute approximate surface area is 104 Å². The highest BCUT2D eigenvalue weighted by Crippen LogP contribution is 2.42. The molecule has 1 aromatic heterocycles. The maximum atomic E-state index is 5.42. The summed E-state index contributed by atoms with van der Waals surface area (Å²) < 4.78 is 6.52. The molecule has 1 aromatic rings. The number of aromatic nitrogens is 1. The molecular formula is C12H15BrN2O. The van der Waals surface area contributed by atoms with Crippen molar-refractivity contribution in [3.8, 4) is 0 Å². The van der Waals surface area contributed by atoms with E-state index < -0.39 is 0 Å². The summed E-state index contributed by atoms with van der Waals surface area (Å²) in [7, 11) is 0. The molecule has 0 amide bonds. The fourth-order valence-corrected chi connectivity index (χ4v) is 3.15. The van der Waals surface area contributed by atoms with Gasteiger partial charge in [-0.05, 0) is 40.9 Å². The molecule has 2 saturated heterocycles. The van der Waals surface area contributed by atoms with Gasteiger partial charge < -0.3 is 9.64 Å². The SMILES string of the molecule is Brc1cccnc1N1CC2(CCOCC2)C1. The molecule has 4 heteroatoms. The van der Waals surface area contributed by atoms with Gasteiger partial charge in [-0.2, -0.15) is 0 Å². The molecule has 1 spiro atoms. The summed E-state index contributed by atoms with van der Waals surface area (Å²) in [6.07, 6.45) is 4.26. The number of ether oxygens (including phenoxy) is 1. The van der Waals surface area contributed by atoms with Crippen LogP contribution in [-0.4, -0.2) is 31.3 Å². The number of pyridine rings is 1. The van der Waals surface area contributed by atoms with Crippen LogP contribution in [-0.2, 0) is 4.74 Å². The second-order valence-corrected chi connectivity index (χ2v) is 5.63. The van der Waals surface area contributed by atoms with E-state index in [-0.39, 0.29) is 0 Å². The van der Waals surface area contributed by atoms with Crippen LogP contribution < -0.4 is 4.90 Å². The predicted octanol–water partition coefficient (Wildman–Crippen LogP) is 2.46. The lowest BCUT2D eigenvalue weighted by Gasteiger charge is -2.52. The number of halogens is 1. The molecule has 0 saturated carbocycles. The van der Waals surface area contributed by atoms with Crippen LogP contribution in [0.4, 0.5) is 5.82 Å². The second kappa shape index (κ2) is 4.00. The van der Waals surface area contributed by atoms with Crippen molar-refractivity contribution in [1.82, 2.24) is 4.98 Å². The lowest BCUT2D eigenvalue weighted by Crippen LogP contribution is -2.58. The fourth-order valence-electron chi connectivity index (χ4n) is 2.64. The lowest BCUT2D eigenvalue weighted by atomic mass is 9.73. The van der Waals surface area contributed by atoms with Crippen LogP contribution in [0.2, 0.25) is 0 Å². The summed E-state index contributed by atoms with van der Waals surface area (Å²) in [5.74, 6) is 1.08. The van der Waals surface area contributed by atoms with E-state index in [1.165, 1.54) is 12.8 Å². The van der Waals surface area contributed by atoms with Gasteiger partial charge >= 0.3 is 0 Å². The monoisotopic (exact) mass is 282 g/mol. The Morgan fingerprint density at radius 3 is 2.75 bits per heavy atom. The van der Waals surface area contributed by atoms with Crippen molar-refractivity contribution in [2.75, 3.05) is 31.2 Å². The molecule has 3 heterocycles. The molecule has 3 rings (SSSR count). The van der Waals surface area contributed by atoms with Gasteiger partial charge in [0.05, 0.1) is 4.47 Å². The van der Waals surface area contributed by atoms with Gasteiger partial charge in [0.2, 0.25) is 0 Å². The van der Waals surface area contributed by atoms with Gasteiger partial charge in [-0.3, -0.25) is 0 Å². The van der Waals surface area contributed by atoms with Crippen molar-refractivity contribution in [2.24, 2.45) is 5.41 Å². The highest BCUT2D eigenvalue weighted by molar-refractivity contribution is 9.10. The maximum absolute atomic E-state index is 5.42. The molecule has 0 radical (unpaired) electrons. The van der Waals surface area contributed by atoms with Crippen molar-refractivity contribution < 1.29 is 4.74 Å². The molecule has 2 aliphatic heterocycles. The van der Waals surface area contributed by atoms with E-state index in [0.29, 0.717) is 5.41 Å². The highest BCUT2D eigenvalue weighted by Gasteiger charge is 2.44. The standard InChI is InChI=1S/C12H15BrN2O/c13-10-2-1-5-14-11(10)15-8-12(9-15)3-6-16-7-4-12/h1-2,5H,3-4,6-9H2. The lowest BCUT2D eigenvalue weighted by molar-refractivity contribution is -0.000498. The molecule has 0 unspecified atom stereocenters. The van der Waals surface area contributed by atoms with Gasteiger partial charge in [-0.1, -0.05) is 0 Å². The highest BCUT2D eigenvalue weighted by atomic mass is 79.9. The molecule has 2 fully saturated rings. The van der Waals surface area contributed by atoms with E-state index >= 15 is 0 Å². The number of rotatable bonds is 1. The molecule has 0 atom stereocenters. The largest absolute Gasteiger partial charge is 0.381 e. The van der Waals surface area contributed by atoms with E-state index in [1.54, 1.807) is 0 Å². The average Bonchev–Trinajstić information content (AvgIpc) is 2.28.